The number of benzene rings is 1. The molecule has 0 spiro atoms. The summed E-state index contributed by atoms with van der Waals surface area (Å²) in [5.74, 6) is 0.319. The average molecular weight is 245 g/mol. The third-order valence-corrected chi connectivity index (χ3v) is 3.74. The molecule has 0 saturated heterocycles. The Hall–Kier alpha value is -0.240. The maximum atomic E-state index is 10.4. The van der Waals surface area contributed by atoms with E-state index in [1.807, 2.05) is 0 Å². The van der Waals surface area contributed by atoms with Crippen molar-refractivity contribution >= 4 is 23.2 Å². The van der Waals surface area contributed by atoms with Crippen LogP contribution in [0.25, 0.3) is 0 Å². The molecule has 1 nitrogen and oxygen atoms in total. The molecule has 0 aromatic heterocycles. The molecule has 1 aliphatic rings. The summed E-state index contributed by atoms with van der Waals surface area (Å²) < 4.78 is 0. The minimum atomic E-state index is -0.772. The lowest BCUT2D eigenvalue weighted by Gasteiger charge is -2.14. The number of aliphatic hydroxyl groups is 1. The largest absolute Gasteiger partial charge is 0.385 e. The van der Waals surface area contributed by atoms with Gasteiger partial charge in [-0.3, -0.25) is 0 Å². The Bertz CT molecular complexity index is 358. The van der Waals surface area contributed by atoms with Crippen LogP contribution < -0.4 is 0 Å². The van der Waals surface area contributed by atoms with Crippen LogP contribution in [0.1, 0.15) is 31.7 Å². The molecule has 2 unspecified atom stereocenters. The first-order valence-electron chi connectivity index (χ1n) is 5.26. The Kier molecular flexibility index (Phi) is 2.98. The summed E-state index contributed by atoms with van der Waals surface area (Å²) in [5, 5.41) is 11.5. The fourth-order valence-corrected chi connectivity index (χ4v) is 2.95. The average Bonchev–Trinajstić information content (AvgIpc) is 2.77. The lowest BCUT2D eigenvalue weighted by molar-refractivity contribution is 0.129. The van der Waals surface area contributed by atoms with Gasteiger partial charge in [0.2, 0.25) is 0 Å². The molecule has 1 aromatic carbocycles. The molecule has 1 saturated carbocycles. The second-order valence-electron chi connectivity index (χ2n) is 4.21. The van der Waals surface area contributed by atoms with E-state index in [1.165, 1.54) is 0 Å². The molecule has 0 amide bonds. The molecule has 1 N–H and O–H groups in total. The Morgan fingerprint density at radius 2 is 2.00 bits per heavy atom. The van der Waals surface area contributed by atoms with Crippen molar-refractivity contribution < 1.29 is 5.11 Å². The second-order valence-corrected chi connectivity index (χ2v) is 5.03. The highest BCUT2D eigenvalue weighted by Crippen LogP contribution is 2.57. The Labute approximate surface area is 100 Å². The Morgan fingerprint density at radius 1 is 1.40 bits per heavy atom. The van der Waals surface area contributed by atoms with Gasteiger partial charge in [-0.25, -0.2) is 0 Å². The molecule has 1 aromatic rings. The van der Waals surface area contributed by atoms with Crippen molar-refractivity contribution in [2.24, 2.45) is 5.92 Å². The SMILES string of the molecule is CCCC1CC1(O)c1c(Cl)cccc1Cl. The third-order valence-electron chi connectivity index (χ3n) is 3.11. The second kappa shape index (κ2) is 3.97. The summed E-state index contributed by atoms with van der Waals surface area (Å²) in [6.45, 7) is 2.12. The summed E-state index contributed by atoms with van der Waals surface area (Å²) >= 11 is 12.2. The van der Waals surface area contributed by atoms with Gasteiger partial charge in [0.05, 0.1) is 5.60 Å². The van der Waals surface area contributed by atoms with Crippen molar-refractivity contribution in [3.05, 3.63) is 33.8 Å². The van der Waals surface area contributed by atoms with Crippen LogP contribution >= 0.6 is 23.2 Å². The number of hydrogen-bond donors (Lipinski definition) is 1. The van der Waals surface area contributed by atoms with E-state index < -0.39 is 5.60 Å². The van der Waals surface area contributed by atoms with Crippen LogP contribution in [0, 0.1) is 5.92 Å². The number of rotatable bonds is 3. The molecule has 3 heteroatoms. The van der Waals surface area contributed by atoms with Gasteiger partial charge in [0.25, 0.3) is 0 Å². The zero-order chi connectivity index (χ0) is 11.1. The van der Waals surface area contributed by atoms with Crippen molar-refractivity contribution in [3.8, 4) is 0 Å². The first-order valence-corrected chi connectivity index (χ1v) is 6.02. The first kappa shape index (κ1) is 11.3. The molecular weight excluding hydrogens is 231 g/mol. The first-order chi connectivity index (χ1) is 7.09. The molecule has 0 radical (unpaired) electrons. The van der Waals surface area contributed by atoms with E-state index >= 15 is 0 Å². The molecule has 0 bridgehead atoms. The van der Waals surface area contributed by atoms with E-state index in [9.17, 15) is 5.11 Å². The molecule has 2 atom stereocenters. The van der Waals surface area contributed by atoms with Crippen LogP contribution in [0.3, 0.4) is 0 Å². The summed E-state index contributed by atoms with van der Waals surface area (Å²) in [6, 6.07) is 5.36. The standard InChI is InChI=1S/C12H14Cl2O/c1-2-4-8-7-12(8,15)11-9(13)5-3-6-10(11)14/h3,5-6,8,15H,2,4,7H2,1H3. The highest BCUT2D eigenvalue weighted by atomic mass is 35.5. The van der Waals surface area contributed by atoms with E-state index in [0.717, 1.165) is 19.3 Å². The summed E-state index contributed by atoms with van der Waals surface area (Å²) in [4.78, 5) is 0. The minimum absolute atomic E-state index is 0.319. The van der Waals surface area contributed by atoms with Gasteiger partial charge < -0.3 is 5.11 Å². The van der Waals surface area contributed by atoms with E-state index in [1.54, 1.807) is 18.2 Å². The van der Waals surface area contributed by atoms with Crippen molar-refractivity contribution in [1.82, 2.24) is 0 Å². The topological polar surface area (TPSA) is 20.2 Å². The van der Waals surface area contributed by atoms with Crippen LogP contribution in [0.5, 0.6) is 0 Å². The quantitative estimate of drug-likeness (QED) is 0.853. The summed E-state index contributed by atoms with van der Waals surface area (Å²) in [7, 11) is 0. The smallest absolute Gasteiger partial charge is 0.0958 e. The van der Waals surface area contributed by atoms with E-state index in [-0.39, 0.29) is 0 Å². The fourth-order valence-electron chi connectivity index (χ4n) is 2.22. The van der Waals surface area contributed by atoms with Crippen molar-refractivity contribution in [3.63, 3.8) is 0 Å². The van der Waals surface area contributed by atoms with Gasteiger partial charge in [-0.15, -0.1) is 0 Å². The minimum Gasteiger partial charge on any atom is -0.385 e. The summed E-state index contributed by atoms with van der Waals surface area (Å²) in [5.41, 5.74) is -0.0578. The molecule has 82 valence electrons. The molecule has 2 rings (SSSR count). The lowest BCUT2D eigenvalue weighted by atomic mass is 10.0. The molecular formula is C12H14Cl2O. The zero-order valence-corrected chi connectivity index (χ0v) is 10.1. The normalized spacial score (nSPS) is 29.2. The van der Waals surface area contributed by atoms with Gasteiger partial charge >= 0.3 is 0 Å². The maximum absolute atomic E-state index is 10.4. The van der Waals surface area contributed by atoms with Gasteiger partial charge in [-0.1, -0.05) is 42.6 Å². The lowest BCUT2D eigenvalue weighted by Crippen LogP contribution is -2.10. The fraction of sp³-hybridized carbons (Fsp3) is 0.500. The van der Waals surface area contributed by atoms with Crippen LogP contribution in [-0.2, 0) is 5.60 Å². The van der Waals surface area contributed by atoms with Gasteiger partial charge in [0, 0.05) is 15.6 Å². The van der Waals surface area contributed by atoms with E-state index in [2.05, 4.69) is 6.92 Å². The van der Waals surface area contributed by atoms with Crippen LogP contribution in [0.4, 0.5) is 0 Å². The van der Waals surface area contributed by atoms with Gasteiger partial charge in [0.15, 0.2) is 0 Å². The molecule has 0 aliphatic heterocycles. The predicted octanol–water partition coefficient (Wildman–Crippen LogP) is 4.00. The number of hydrogen-bond acceptors (Lipinski definition) is 1. The van der Waals surface area contributed by atoms with Gasteiger partial charge in [-0.05, 0) is 30.9 Å². The van der Waals surface area contributed by atoms with Gasteiger partial charge in [-0.2, -0.15) is 0 Å². The van der Waals surface area contributed by atoms with E-state index in [4.69, 9.17) is 23.2 Å². The maximum Gasteiger partial charge on any atom is 0.0958 e. The third kappa shape index (κ3) is 1.89. The zero-order valence-electron chi connectivity index (χ0n) is 8.63. The Morgan fingerprint density at radius 3 is 2.53 bits per heavy atom. The summed E-state index contributed by atoms with van der Waals surface area (Å²) in [6.07, 6.45) is 2.89. The van der Waals surface area contributed by atoms with Crippen LogP contribution in [0.2, 0.25) is 10.0 Å². The van der Waals surface area contributed by atoms with Crippen molar-refractivity contribution in [2.75, 3.05) is 0 Å². The van der Waals surface area contributed by atoms with Crippen LogP contribution in [0.15, 0.2) is 18.2 Å². The van der Waals surface area contributed by atoms with Crippen LogP contribution in [-0.4, -0.2) is 5.11 Å². The van der Waals surface area contributed by atoms with Crippen molar-refractivity contribution in [2.45, 2.75) is 31.8 Å². The molecule has 1 fully saturated rings. The molecule has 1 aliphatic carbocycles. The van der Waals surface area contributed by atoms with E-state index in [0.29, 0.717) is 21.5 Å². The highest BCUT2D eigenvalue weighted by molar-refractivity contribution is 6.36. The molecule has 0 heterocycles. The Balaban J connectivity index is 2.31. The number of halogens is 2. The highest BCUT2D eigenvalue weighted by Gasteiger charge is 2.55. The predicted molar refractivity (Wildman–Crippen MR) is 63.4 cm³/mol. The monoisotopic (exact) mass is 244 g/mol. The molecule has 15 heavy (non-hydrogen) atoms. The van der Waals surface area contributed by atoms with Crippen molar-refractivity contribution in [1.29, 1.82) is 0 Å². The van der Waals surface area contributed by atoms with Gasteiger partial charge in [0.1, 0.15) is 0 Å².